The predicted molar refractivity (Wildman–Crippen MR) is 96.7 cm³/mol. The number of hydrogen-bond donors (Lipinski definition) is 1. The Morgan fingerprint density at radius 3 is 2.44 bits per heavy atom. The largest absolute Gasteiger partial charge is 0.497 e. The van der Waals surface area contributed by atoms with Gasteiger partial charge in [-0.25, -0.2) is 13.1 Å². The summed E-state index contributed by atoms with van der Waals surface area (Å²) in [5, 5.41) is 0. The average molecular weight is 363 g/mol. The summed E-state index contributed by atoms with van der Waals surface area (Å²) in [6, 6.07) is 7.21. The Labute approximate surface area is 149 Å². The predicted octanol–water partition coefficient (Wildman–Crippen LogP) is 2.68. The van der Waals surface area contributed by atoms with Gasteiger partial charge in [0.2, 0.25) is 10.0 Å². The number of ketones is 1. The Balaban J connectivity index is 1.75. The molecule has 2 aliphatic rings. The van der Waals surface area contributed by atoms with Crippen LogP contribution >= 0.6 is 0 Å². The highest BCUT2D eigenvalue weighted by Gasteiger charge is 2.67. The van der Waals surface area contributed by atoms with Crippen molar-refractivity contribution in [2.45, 2.75) is 33.2 Å². The number of nitrogens with one attached hydrogen (secondary N) is 1. The SMILES string of the molecule is C=C1C(=O)C2(CS(=O)(=O)NCc3ccc(OC)cc3)CCC1C2(C)C. The Hall–Kier alpha value is -1.66. The van der Waals surface area contributed by atoms with Crippen LogP contribution in [0.25, 0.3) is 0 Å². The lowest BCUT2D eigenvalue weighted by Crippen LogP contribution is -2.45. The smallest absolute Gasteiger partial charge is 0.212 e. The highest BCUT2D eigenvalue weighted by Crippen LogP contribution is 2.65. The Morgan fingerprint density at radius 1 is 1.28 bits per heavy atom. The number of sulfonamides is 1. The van der Waals surface area contributed by atoms with E-state index >= 15 is 0 Å². The van der Waals surface area contributed by atoms with Crippen molar-refractivity contribution in [1.82, 2.24) is 4.72 Å². The first-order chi connectivity index (χ1) is 11.6. The summed E-state index contributed by atoms with van der Waals surface area (Å²) < 4.78 is 33.1. The number of rotatable bonds is 6. The molecule has 6 heteroatoms. The number of carbonyl (C=O) groups excluding carboxylic acids is 1. The molecular weight excluding hydrogens is 338 g/mol. The molecule has 0 aliphatic heterocycles. The number of carbonyl (C=O) groups is 1. The van der Waals surface area contributed by atoms with E-state index in [4.69, 9.17) is 4.74 Å². The third-order valence-electron chi connectivity index (χ3n) is 6.20. The van der Waals surface area contributed by atoms with Crippen molar-refractivity contribution in [3.63, 3.8) is 0 Å². The van der Waals surface area contributed by atoms with Crippen LogP contribution in [0.4, 0.5) is 0 Å². The number of ether oxygens (including phenoxy) is 1. The molecule has 25 heavy (non-hydrogen) atoms. The maximum absolute atomic E-state index is 12.7. The lowest BCUT2D eigenvalue weighted by Gasteiger charge is -2.35. The van der Waals surface area contributed by atoms with Gasteiger partial charge in [-0.15, -0.1) is 0 Å². The van der Waals surface area contributed by atoms with Gasteiger partial charge in [0, 0.05) is 6.54 Å². The number of hydrogen-bond acceptors (Lipinski definition) is 4. The van der Waals surface area contributed by atoms with Crippen LogP contribution in [0, 0.1) is 16.7 Å². The van der Waals surface area contributed by atoms with Crippen molar-refractivity contribution in [2.75, 3.05) is 12.9 Å². The molecule has 0 amide bonds. The summed E-state index contributed by atoms with van der Waals surface area (Å²) in [6.45, 7) is 8.12. The molecule has 2 aliphatic carbocycles. The molecule has 2 fully saturated rings. The minimum absolute atomic E-state index is 0.0661. The number of methoxy groups -OCH3 is 1. The third kappa shape index (κ3) is 2.81. The molecule has 2 atom stereocenters. The van der Waals surface area contributed by atoms with Crippen LogP contribution in [0.1, 0.15) is 32.3 Å². The minimum atomic E-state index is -3.59. The Morgan fingerprint density at radius 2 is 1.92 bits per heavy atom. The van der Waals surface area contributed by atoms with E-state index in [-0.39, 0.29) is 29.4 Å². The molecule has 3 rings (SSSR count). The minimum Gasteiger partial charge on any atom is -0.497 e. The molecule has 136 valence electrons. The van der Waals surface area contributed by atoms with Crippen molar-refractivity contribution < 1.29 is 17.9 Å². The second kappa shape index (κ2) is 5.95. The van der Waals surface area contributed by atoms with E-state index < -0.39 is 15.4 Å². The van der Waals surface area contributed by atoms with Crippen LogP contribution in [0.3, 0.4) is 0 Å². The molecule has 0 heterocycles. The van der Waals surface area contributed by atoms with Gasteiger partial charge in [-0.2, -0.15) is 0 Å². The molecule has 0 aromatic heterocycles. The van der Waals surface area contributed by atoms with Gasteiger partial charge in [0.1, 0.15) is 5.75 Å². The van der Waals surface area contributed by atoms with E-state index in [9.17, 15) is 13.2 Å². The first-order valence-corrected chi connectivity index (χ1v) is 10.1. The van der Waals surface area contributed by atoms with Crippen LogP contribution in [0.15, 0.2) is 36.4 Å². The zero-order valence-corrected chi connectivity index (χ0v) is 15.8. The zero-order chi connectivity index (χ0) is 18.5. The van der Waals surface area contributed by atoms with E-state index in [0.29, 0.717) is 12.0 Å². The third-order valence-corrected chi connectivity index (χ3v) is 7.66. The highest BCUT2D eigenvalue weighted by molar-refractivity contribution is 7.89. The van der Waals surface area contributed by atoms with Crippen LogP contribution < -0.4 is 9.46 Å². The molecule has 2 saturated carbocycles. The van der Waals surface area contributed by atoms with Gasteiger partial charge < -0.3 is 4.74 Å². The summed E-state index contributed by atoms with van der Waals surface area (Å²) >= 11 is 0. The maximum Gasteiger partial charge on any atom is 0.212 e. The van der Waals surface area contributed by atoms with Crippen LogP contribution in [-0.4, -0.2) is 27.1 Å². The first-order valence-electron chi connectivity index (χ1n) is 8.47. The van der Waals surface area contributed by atoms with Gasteiger partial charge in [-0.3, -0.25) is 4.79 Å². The first kappa shape index (κ1) is 18.1. The fourth-order valence-corrected chi connectivity index (χ4v) is 6.31. The molecule has 5 nitrogen and oxygen atoms in total. The van der Waals surface area contributed by atoms with E-state index in [2.05, 4.69) is 11.3 Å². The standard InChI is InChI=1S/C19H25NO4S/c1-13-16-9-10-19(17(13)21,18(16,2)3)12-25(22,23)20-11-14-5-7-15(24-4)8-6-14/h5-8,16,20H,1,9-12H2,2-4H3. The summed E-state index contributed by atoms with van der Waals surface area (Å²) in [5.41, 5.74) is 0.227. The summed E-state index contributed by atoms with van der Waals surface area (Å²) in [6.07, 6.45) is 1.46. The molecule has 0 radical (unpaired) electrons. The summed E-state index contributed by atoms with van der Waals surface area (Å²) in [5.74, 6) is 0.581. The fourth-order valence-electron chi connectivity index (χ4n) is 4.52. The molecule has 1 N–H and O–H groups in total. The van der Waals surface area contributed by atoms with Gasteiger partial charge in [0.25, 0.3) is 0 Å². The van der Waals surface area contributed by atoms with Crippen LogP contribution in [0.2, 0.25) is 0 Å². The Kier molecular flexibility index (Phi) is 4.32. The van der Waals surface area contributed by atoms with Crippen LogP contribution in [-0.2, 0) is 21.4 Å². The number of fused-ring (bicyclic) bond motifs is 2. The zero-order valence-electron chi connectivity index (χ0n) is 15.0. The number of allylic oxidation sites excluding steroid dienone is 1. The van der Waals surface area contributed by atoms with Crippen LogP contribution in [0.5, 0.6) is 5.75 Å². The average Bonchev–Trinajstić information content (AvgIpc) is 2.88. The molecular formula is C19H25NO4S. The van der Waals surface area contributed by atoms with E-state index in [1.54, 1.807) is 19.2 Å². The van der Waals surface area contributed by atoms with Gasteiger partial charge in [0.05, 0.1) is 18.3 Å². The lowest BCUT2D eigenvalue weighted by molar-refractivity contribution is -0.125. The van der Waals surface area contributed by atoms with E-state index in [1.165, 1.54) is 0 Å². The maximum atomic E-state index is 12.7. The van der Waals surface area contributed by atoms with Gasteiger partial charge in [-0.1, -0.05) is 32.6 Å². The molecule has 2 unspecified atom stereocenters. The topological polar surface area (TPSA) is 72.5 Å². The molecule has 1 aromatic carbocycles. The van der Waals surface area contributed by atoms with Crippen molar-refractivity contribution in [3.05, 3.63) is 42.0 Å². The van der Waals surface area contributed by atoms with Gasteiger partial charge in [0.15, 0.2) is 5.78 Å². The molecule has 1 aromatic rings. The van der Waals surface area contributed by atoms with Crippen molar-refractivity contribution >= 4 is 15.8 Å². The second-order valence-electron chi connectivity index (χ2n) is 7.68. The van der Waals surface area contributed by atoms with Crippen molar-refractivity contribution in [1.29, 1.82) is 0 Å². The molecule has 0 spiro atoms. The summed E-state index contributed by atoms with van der Waals surface area (Å²) in [4.78, 5) is 12.7. The summed E-state index contributed by atoms with van der Waals surface area (Å²) in [7, 11) is -2.01. The van der Waals surface area contributed by atoms with Crippen molar-refractivity contribution in [3.8, 4) is 5.75 Å². The normalized spacial score (nSPS) is 27.7. The van der Waals surface area contributed by atoms with E-state index in [1.807, 2.05) is 26.0 Å². The van der Waals surface area contributed by atoms with Crippen molar-refractivity contribution in [2.24, 2.45) is 16.7 Å². The fraction of sp³-hybridized carbons (Fsp3) is 0.526. The van der Waals surface area contributed by atoms with Gasteiger partial charge >= 0.3 is 0 Å². The second-order valence-corrected chi connectivity index (χ2v) is 9.48. The van der Waals surface area contributed by atoms with Gasteiger partial charge in [-0.05, 0) is 47.4 Å². The lowest BCUT2D eigenvalue weighted by atomic mass is 9.70. The Bertz CT molecular complexity index is 810. The number of Topliss-reactive ketones (excluding diaryl/α,β-unsaturated/α-hetero) is 1. The van der Waals surface area contributed by atoms with E-state index in [0.717, 1.165) is 17.7 Å². The molecule has 2 bridgehead atoms. The quantitative estimate of drug-likeness (QED) is 0.789. The molecule has 0 saturated heterocycles. The number of benzene rings is 1. The highest BCUT2D eigenvalue weighted by atomic mass is 32.2. The monoisotopic (exact) mass is 363 g/mol.